The number of imide groups is 1. The number of esters is 1. The molecule has 3 fully saturated rings. The van der Waals surface area contributed by atoms with E-state index in [1.807, 2.05) is 23.1 Å². The molecule has 3 heterocycles. The largest absolute Gasteiger partial charge is 0.496 e. The quantitative estimate of drug-likeness (QED) is 0.481. The number of rotatable bonds is 5. The Morgan fingerprint density at radius 3 is 2.49 bits per heavy atom. The number of benzene rings is 2. The van der Waals surface area contributed by atoms with Crippen molar-refractivity contribution in [2.45, 2.75) is 37.8 Å². The lowest BCUT2D eigenvalue weighted by molar-refractivity contribution is -0.164. The van der Waals surface area contributed by atoms with Gasteiger partial charge in [-0.15, -0.1) is 0 Å². The van der Waals surface area contributed by atoms with Crippen molar-refractivity contribution in [3.63, 3.8) is 0 Å². The number of amides is 2. The van der Waals surface area contributed by atoms with Gasteiger partial charge in [-0.25, -0.2) is 4.39 Å². The van der Waals surface area contributed by atoms with Gasteiger partial charge in [0.25, 0.3) is 0 Å². The number of hydrogen-bond donors (Lipinski definition) is 0. The SMILES string of the molecule is CCN1C(=O)C2C(c3ccc(-c4ccc(F)cc4)c(OC)c3)N3CCCC[C@@]3(C(=O)OC)C2C1=O. The van der Waals surface area contributed by atoms with Crippen LogP contribution in [-0.4, -0.2) is 60.4 Å². The van der Waals surface area contributed by atoms with E-state index >= 15 is 0 Å². The molecule has 2 aromatic rings. The van der Waals surface area contributed by atoms with Crippen LogP contribution in [0.25, 0.3) is 11.1 Å². The maximum absolute atomic E-state index is 13.5. The van der Waals surface area contributed by atoms with Gasteiger partial charge in [0.1, 0.15) is 17.1 Å². The minimum absolute atomic E-state index is 0.244. The summed E-state index contributed by atoms with van der Waals surface area (Å²) in [6.45, 7) is 2.62. The van der Waals surface area contributed by atoms with Gasteiger partial charge in [0.05, 0.1) is 26.1 Å². The molecule has 0 N–H and O–H groups in total. The van der Waals surface area contributed by atoms with E-state index in [9.17, 15) is 18.8 Å². The fourth-order valence-electron chi connectivity index (χ4n) is 6.49. The number of fused-ring (bicyclic) bond motifs is 3. The van der Waals surface area contributed by atoms with Crippen molar-refractivity contribution >= 4 is 17.8 Å². The zero-order valence-corrected chi connectivity index (χ0v) is 20.1. The lowest BCUT2D eigenvalue weighted by Crippen LogP contribution is -2.59. The van der Waals surface area contributed by atoms with Crippen LogP contribution in [0, 0.1) is 17.7 Å². The van der Waals surface area contributed by atoms with Crippen LogP contribution in [0.15, 0.2) is 42.5 Å². The number of halogens is 1. The van der Waals surface area contributed by atoms with Gasteiger partial charge in [0.2, 0.25) is 11.8 Å². The van der Waals surface area contributed by atoms with Gasteiger partial charge in [-0.2, -0.15) is 0 Å². The Kier molecular flexibility index (Phi) is 5.87. The molecule has 4 atom stereocenters. The first kappa shape index (κ1) is 23.5. The van der Waals surface area contributed by atoms with Gasteiger partial charge < -0.3 is 9.47 Å². The van der Waals surface area contributed by atoms with Crippen LogP contribution in [0.4, 0.5) is 4.39 Å². The zero-order chi connectivity index (χ0) is 24.9. The molecular weight excluding hydrogens is 451 g/mol. The molecule has 184 valence electrons. The molecule has 5 rings (SSSR count). The molecule has 0 radical (unpaired) electrons. The summed E-state index contributed by atoms with van der Waals surface area (Å²) in [4.78, 5) is 43.7. The highest BCUT2D eigenvalue weighted by molar-refractivity contribution is 6.09. The van der Waals surface area contributed by atoms with Crippen LogP contribution >= 0.6 is 0 Å². The average molecular weight is 481 g/mol. The van der Waals surface area contributed by atoms with E-state index in [-0.39, 0.29) is 24.2 Å². The number of methoxy groups -OCH3 is 2. The number of hydrogen-bond acceptors (Lipinski definition) is 6. The second-order valence-electron chi connectivity index (χ2n) is 9.40. The monoisotopic (exact) mass is 480 g/mol. The molecule has 3 unspecified atom stereocenters. The van der Waals surface area contributed by atoms with E-state index in [1.54, 1.807) is 26.2 Å². The third-order valence-electron chi connectivity index (χ3n) is 7.93. The van der Waals surface area contributed by atoms with Gasteiger partial charge in [0.15, 0.2) is 0 Å². The van der Waals surface area contributed by atoms with Crippen molar-refractivity contribution in [3.8, 4) is 16.9 Å². The number of carbonyl (C=O) groups excluding carboxylic acids is 3. The highest BCUT2D eigenvalue weighted by atomic mass is 19.1. The number of carbonyl (C=O) groups is 3. The number of likely N-dealkylation sites (tertiary alicyclic amines) is 1. The Balaban J connectivity index is 1.66. The number of ether oxygens (including phenoxy) is 2. The molecule has 0 spiro atoms. The molecular formula is C27H29FN2O5. The molecule has 0 saturated carbocycles. The highest BCUT2D eigenvalue weighted by Gasteiger charge is 2.72. The smallest absolute Gasteiger partial charge is 0.327 e. The number of nitrogens with zero attached hydrogens (tertiary/aromatic N) is 2. The van der Waals surface area contributed by atoms with E-state index in [0.29, 0.717) is 18.7 Å². The van der Waals surface area contributed by atoms with Crippen LogP contribution in [0.5, 0.6) is 5.75 Å². The first-order valence-corrected chi connectivity index (χ1v) is 12.0. The van der Waals surface area contributed by atoms with E-state index in [2.05, 4.69) is 0 Å². The van der Waals surface area contributed by atoms with Crippen LogP contribution in [0.3, 0.4) is 0 Å². The van der Waals surface area contributed by atoms with Gasteiger partial charge in [-0.05, 0) is 62.1 Å². The molecule has 3 aliphatic rings. The Morgan fingerprint density at radius 1 is 1.09 bits per heavy atom. The van der Waals surface area contributed by atoms with Crippen molar-refractivity contribution in [2.75, 3.05) is 27.3 Å². The predicted molar refractivity (Wildman–Crippen MR) is 126 cm³/mol. The Morgan fingerprint density at radius 2 is 1.83 bits per heavy atom. The summed E-state index contributed by atoms with van der Waals surface area (Å²) in [5, 5.41) is 0. The minimum atomic E-state index is -1.16. The minimum Gasteiger partial charge on any atom is -0.496 e. The zero-order valence-electron chi connectivity index (χ0n) is 20.1. The van der Waals surface area contributed by atoms with Crippen molar-refractivity contribution in [2.24, 2.45) is 11.8 Å². The third kappa shape index (κ3) is 3.30. The first-order chi connectivity index (χ1) is 16.9. The molecule has 2 aromatic carbocycles. The van der Waals surface area contributed by atoms with E-state index in [4.69, 9.17) is 9.47 Å². The normalized spacial score (nSPS) is 28.1. The van der Waals surface area contributed by atoms with E-state index in [0.717, 1.165) is 29.5 Å². The van der Waals surface area contributed by atoms with Gasteiger partial charge in [-0.3, -0.25) is 24.2 Å². The molecule has 3 saturated heterocycles. The summed E-state index contributed by atoms with van der Waals surface area (Å²) < 4.78 is 24.4. The standard InChI is InChI=1S/C27H29FN2O5/c1-4-29-24(31)21-22(25(29)32)27(26(33)35-3)13-5-6-14-30(27)23(21)17-9-12-19(20(15-17)34-2)16-7-10-18(28)11-8-16/h7-12,15,21-23H,4-6,13-14H2,1-3H3/t21?,22?,23?,27-/m0/s1. The number of piperidine rings is 1. The molecule has 8 heteroatoms. The maximum atomic E-state index is 13.5. The Bertz CT molecular complexity index is 1180. The van der Waals surface area contributed by atoms with Crippen molar-refractivity contribution in [1.29, 1.82) is 0 Å². The molecule has 35 heavy (non-hydrogen) atoms. The van der Waals surface area contributed by atoms with Gasteiger partial charge >= 0.3 is 5.97 Å². The lowest BCUT2D eigenvalue weighted by Gasteiger charge is -2.44. The molecule has 0 aromatic heterocycles. The Hall–Kier alpha value is -3.26. The van der Waals surface area contributed by atoms with Gasteiger partial charge in [-0.1, -0.05) is 24.3 Å². The maximum Gasteiger partial charge on any atom is 0.327 e. The molecule has 0 bridgehead atoms. The first-order valence-electron chi connectivity index (χ1n) is 12.0. The van der Waals surface area contributed by atoms with Crippen LogP contribution in [-0.2, 0) is 19.1 Å². The van der Waals surface area contributed by atoms with Crippen molar-refractivity contribution in [1.82, 2.24) is 9.80 Å². The highest BCUT2D eigenvalue weighted by Crippen LogP contribution is 2.58. The molecule has 0 aliphatic carbocycles. The second-order valence-corrected chi connectivity index (χ2v) is 9.40. The summed E-state index contributed by atoms with van der Waals surface area (Å²) in [6.07, 6.45) is 2.11. The van der Waals surface area contributed by atoms with E-state index < -0.39 is 29.4 Å². The summed E-state index contributed by atoms with van der Waals surface area (Å²) in [5.41, 5.74) is 1.22. The fraction of sp³-hybridized carbons (Fsp3) is 0.444. The predicted octanol–water partition coefficient (Wildman–Crippen LogP) is 3.57. The Labute approximate surface area is 203 Å². The third-order valence-corrected chi connectivity index (χ3v) is 7.93. The second kappa shape index (κ2) is 8.75. The van der Waals surface area contributed by atoms with Gasteiger partial charge in [0, 0.05) is 18.2 Å². The van der Waals surface area contributed by atoms with Crippen molar-refractivity contribution < 1.29 is 28.2 Å². The summed E-state index contributed by atoms with van der Waals surface area (Å²) in [6, 6.07) is 11.4. The molecule has 2 amide bonds. The lowest BCUT2D eigenvalue weighted by atomic mass is 9.75. The summed E-state index contributed by atoms with van der Waals surface area (Å²) >= 11 is 0. The van der Waals surface area contributed by atoms with Crippen LogP contribution in [0.2, 0.25) is 0 Å². The van der Waals surface area contributed by atoms with E-state index in [1.165, 1.54) is 24.1 Å². The summed E-state index contributed by atoms with van der Waals surface area (Å²) in [7, 11) is 2.90. The molecule has 3 aliphatic heterocycles. The van der Waals surface area contributed by atoms with Crippen LogP contribution in [0.1, 0.15) is 37.8 Å². The summed E-state index contributed by atoms with van der Waals surface area (Å²) in [5.74, 6) is -2.21. The van der Waals surface area contributed by atoms with Crippen molar-refractivity contribution in [3.05, 3.63) is 53.8 Å². The van der Waals surface area contributed by atoms with Crippen LogP contribution < -0.4 is 4.74 Å². The fourth-order valence-corrected chi connectivity index (χ4v) is 6.49. The molecule has 7 nitrogen and oxygen atoms in total. The average Bonchev–Trinajstić information content (AvgIpc) is 3.33. The topological polar surface area (TPSA) is 76.2 Å².